The monoisotopic (exact) mass is 366 g/mol. The van der Waals surface area contributed by atoms with Gasteiger partial charge in [0.2, 0.25) is 0 Å². The first-order chi connectivity index (χ1) is 12.7. The highest BCUT2D eigenvalue weighted by Crippen LogP contribution is 2.25. The van der Waals surface area contributed by atoms with Crippen LogP contribution in [-0.4, -0.2) is 22.3 Å². The standard InChI is InChI=1S/C21H22N2O2S/c1-15-7-2-3-8-16(15)14-26-21-22-19-11-5-4-10-18(19)20(24)23(21)13-17-9-6-12-25-17/h2-5,7-8,10-11,17H,6,9,12-14H2,1H3/t17-/m0/s1. The predicted molar refractivity (Wildman–Crippen MR) is 106 cm³/mol. The molecule has 0 spiro atoms. The van der Waals surface area contributed by atoms with E-state index in [1.165, 1.54) is 11.1 Å². The number of para-hydroxylation sites is 1. The first kappa shape index (κ1) is 17.3. The molecule has 4 rings (SSSR count). The fourth-order valence-corrected chi connectivity index (χ4v) is 4.41. The molecule has 3 aromatic rings. The van der Waals surface area contributed by atoms with Crippen molar-refractivity contribution in [2.45, 2.75) is 43.3 Å². The number of hydrogen-bond acceptors (Lipinski definition) is 4. The normalized spacial score (nSPS) is 17.0. The van der Waals surface area contributed by atoms with E-state index >= 15 is 0 Å². The predicted octanol–water partition coefficient (Wildman–Crippen LogP) is 4.18. The maximum absolute atomic E-state index is 13.1. The Bertz CT molecular complexity index is 977. The second-order valence-corrected chi connectivity index (χ2v) is 7.62. The van der Waals surface area contributed by atoms with Crippen LogP contribution in [0.2, 0.25) is 0 Å². The van der Waals surface area contributed by atoms with E-state index in [2.05, 4.69) is 25.1 Å². The quantitative estimate of drug-likeness (QED) is 0.502. The molecule has 1 aromatic heterocycles. The highest BCUT2D eigenvalue weighted by atomic mass is 32.2. The molecular formula is C21H22N2O2S. The first-order valence-electron chi connectivity index (χ1n) is 9.01. The highest BCUT2D eigenvalue weighted by Gasteiger charge is 2.20. The van der Waals surface area contributed by atoms with E-state index in [0.29, 0.717) is 11.9 Å². The van der Waals surface area contributed by atoms with Gasteiger partial charge in [0, 0.05) is 12.4 Å². The number of aromatic nitrogens is 2. The molecule has 1 aliphatic heterocycles. The van der Waals surface area contributed by atoms with Crippen molar-refractivity contribution in [2.24, 2.45) is 0 Å². The van der Waals surface area contributed by atoms with Gasteiger partial charge in [-0.05, 0) is 43.0 Å². The van der Waals surface area contributed by atoms with Crippen LogP contribution in [0.1, 0.15) is 24.0 Å². The second-order valence-electron chi connectivity index (χ2n) is 6.68. The molecule has 0 saturated carbocycles. The Morgan fingerprint density at radius 3 is 2.81 bits per heavy atom. The van der Waals surface area contributed by atoms with Crippen molar-refractivity contribution >= 4 is 22.7 Å². The topological polar surface area (TPSA) is 44.1 Å². The summed E-state index contributed by atoms with van der Waals surface area (Å²) in [5.74, 6) is 0.795. The van der Waals surface area contributed by atoms with Crippen molar-refractivity contribution in [1.29, 1.82) is 0 Å². The van der Waals surface area contributed by atoms with Crippen LogP contribution < -0.4 is 5.56 Å². The van der Waals surface area contributed by atoms with Crippen LogP contribution in [0.5, 0.6) is 0 Å². The van der Waals surface area contributed by atoms with Gasteiger partial charge in [-0.2, -0.15) is 0 Å². The SMILES string of the molecule is Cc1ccccc1CSc1nc2ccccc2c(=O)n1C[C@@H]1CCCO1. The van der Waals surface area contributed by atoms with Crippen LogP contribution in [-0.2, 0) is 17.0 Å². The number of hydrogen-bond donors (Lipinski definition) is 0. The van der Waals surface area contributed by atoms with Crippen molar-refractivity contribution in [3.8, 4) is 0 Å². The molecule has 1 saturated heterocycles. The molecule has 0 radical (unpaired) electrons. The van der Waals surface area contributed by atoms with Gasteiger partial charge >= 0.3 is 0 Å². The lowest BCUT2D eigenvalue weighted by Gasteiger charge is -2.16. The van der Waals surface area contributed by atoms with Crippen molar-refractivity contribution < 1.29 is 4.74 Å². The molecule has 2 heterocycles. The van der Waals surface area contributed by atoms with E-state index in [9.17, 15) is 4.79 Å². The van der Waals surface area contributed by atoms with E-state index in [-0.39, 0.29) is 11.7 Å². The Hall–Kier alpha value is -2.11. The van der Waals surface area contributed by atoms with Gasteiger partial charge in [0.05, 0.1) is 23.6 Å². The van der Waals surface area contributed by atoms with Crippen LogP contribution in [0.15, 0.2) is 58.5 Å². The fourth-order valence-electron chi connectivity index (χ4n) is 3.33. The number of benzene rings is 2. The minimum absolute atomic E-state index is 0.0263. The third-order valence-corrected chi connectivity index (χ3v) is 5.88. The number of ether oxygens (including phenoxy) is 1. The summed E-state index contributed by atoms with van der Waals surface area (Å²) in [4.78, 5) is 17.9. The zero-order chi connectivity index (χ0) is 17.9. The molecule has 134 valence electrons. The molecule has 0 bridgehead atoms. The zero-order valence-corrected chi connectivity index (χ0v) is 15.7. The average Bonchev–Trinajstić information content (AvgIpc) is 3.17. The second kappa shape index (κ2) is 7.64. The number of rotatable bonds is 5. The Morgan fingerprint density at radius 2 is 2.00 bits per heavy atom. The van der Waals surface area contributed by atoms with E-state index in [0.717, 1.165) is 35.9 Å². The number of thioether (sulfide) groups is 1. The number of aryl methyl sites for hydroxylation is 1. The molecule has 0 unspecified atom stereocenters. The van der Waals surface area contributed by atoms with Crippen LogP contribution in [0.4, 0.5) is 0 Å². The first-order valence-corrected chi connectivity index (χ1v) is 9.99. The molecule has 1 aliphatic rings. The molecule has 0 aliphatic carbocycles. The van der Waals surface area contributed by atoms with Gasteiger partial charge in [0.25, 0.3) is 5.56 Å². The van der Waals surface area contributed by atoms with Gasteiger partial charge in [-0.15, -0.1) is 0 Å². The molecule has 1 atom stereocenters. The van der Waals surface area contributed by atoms with E-state index in [4.69, 9.17) is 9.72 Å². The Morgan fingerprint density at radius 1 is 1.19 bits per heavy atom. The summed E-state index contributed by atoms with van der Waals surface area (Å²) in [5, 5.41) is 1.44. The number of fused-ring (bicyclic) bond motifs is 1. The minimum atomic E-state index is 0.0263. The van der Waals surface area contributed by atoms with Crippen LogP contribution in [0, 0.1) is 6.92 Å². The summed E-state index contributed by atoms with van der Waals surface area (Å²) in [6, 6.07) is 15.9. The summed E-state index contributed by atoms with van der Waals surface area (Å²) in [6.45, 7) is 3.47. The van der Waals surface area contributed by atoms with Crippen molar-refractivity contribution in [3.05, 3.63) is 70.0 Å². The highest BCUT2D eigenvalue weighted by molar-refractivity contribution is 7.98. The van der Waals surface area contributed by atoms with E-state index in [1.807, 2.05) is 30.3 Å². The summed E-state index contributed by atoms with van der Waals surface area (Å²) in [6.07, 6.45) is 2.17. The summed E-state index contributed by atoms with van der Waals surface area (Å²) in [7, 11) is 0. The Kier molecular flexibility index (Phi) is 5.09. The van der Waals surface area contributed by atoms with Gasteiger partial charge in [0.1, 0.15) is 0 Å². The molecule has 5 heteroatoms. The van der Waals surface area contributed by atoms with Crippen LogP contribution in [0.25, 0.3) is 10.9 Å². The summed E-state index contributed by atoms with van der Waals surface area (Å²) >= 11 is 1.62. The van der Waals surface area contributed by atoms with Gasteiger partial charge < -0.3 is 4.74 Å². The van der Waals surface area contributed by atoms with Gasteiger partial charge in [-0.1, -0.05) is 48.2 Å². The largest absolute Gasteiger partial charge is 0.376 e. The molecule has 0 N–H and O–H groups in total. The summed E-state index contributed by atoms with van der Waals surface area (Å²) in [5.41, 5.74) is 3.31. The van der Waals surface area contributed by atoms with Crippen molar-refractivity contribution in [2.75, 3.05) is 6.61 Å². The van der Waals surface area contributed by atoms with Gasteiger partial charge in [-0.3, -0.25) is 9.36 Å². The van der Waals surface area contributed by atoms with E-state index < -0.39 is 0 Å². The maximum Gasteiger partial charge on any atom is 0.262 e. The molecule has 1 fully saturated rings. The minimum Gasteiger partial charge on any atom is -0.376 e. The smallest absolute Gasteiger partial charge is 0.262 e. The maximum atomic E-state index is 13.1. The molecule has 0 amide bonds. The Balaban J connectivity index is 1.71. The molecule has 4 nitrogen and oxygen atoms in total. The molecule has 2 aromatic carbocycles. The van der Waals surface area contributed by atoms with Crippen LogP contribution >= 0.6 is 11.8 Å². The lowest BCUT2D eigenvalue weighted by atomic mass is 10.1. The lowest BCUT2D eigenvalue weighted by molar-refractivity contribution is 0.0937. The van der Waals surface area contributed by atoms with Gasteiger partial charge in [0.15, 0.2) is 5.16 Å². The Labute approximate surface area is 157 Å². The fraction of sp³-hybridized carbons (Fsp3) is 0.333. The zero-order valence-electron chi connectivity index (χ0n) is 14.9. The third-order valence-electron chi connectivity index (χ3n) is 4.85. The van der Waals surface area contributed by atoms with Gasteiger partial charge in [-0.25, -0.2) is 4.98 Å². The molecular weight excluding hydrogens is 344 g/mol. The van der Waals surface area contributed by atoms with Crippen LogP contribution in [0.3, 0.4) is 0 Å². The van der Waals surface area contributed by atoms with Crippen molar-refractivity contribution in [3.63, 3.8) is 0 Å². The summed E-state index contributed by atoms with van der Waals surface area (Å²) < 4.78 is 7.57. The molecule has 26 heavy (non-hydrogen) atoms. The third kappa shape index (κ3) is 3.55. The van der Waals surface area contributed by atoms with E-state index in [1.54, 1.807) is 16.3 Å². The van der Waals surface area contributed by atoms with Crippen molar-refractivity contribution in [1.82, 2.24) is 9.55 Å². The lowest BCUT2D eigenvalue weighted by Crippen LogP contribution is -2.28. The average molecular weight is 366 g/mol. The number of nitrogens with zero attached hydrogens (tertiary/aromatic N) is 2.